The van der Waals surface area contributed by atoms with Gasteiger partial charge in [0.05, 0.1) is 17.1 Å². The van der Waals surface area contributed by atoms with Crippen LogP contribution in [0.4, 0.5) is 34.6 Å². The second kappa shape index (κ2) is 5.90. The summed E-state index contributed by atoms with van der Waals surface area (Å²) in [5.74, 6) is -2.24. The van der Waals surface area contributed by atoms with E-state index in [-0.39, 0.29) is 17.1 Å². The van der Waals surface area contributed by atoms with E-state index >= 15 is 0 Å². The van der Waals surface area contributed by atoms with Crippen molar-refractivity contribution in [1.29, 1.82) is 0 Å². The average Bonchev–Trinajstić information content (AvgIpc) is 2.37. The maximum atomic E-state index is 13.7. The maximum Gasteiger partial charge on any atom is 0.387 e. The lowest BCUT2D eigenvalue weighted by atomic mass is 10.2. The lowest BCUT2D eigenvalue weighted by Gasteiger charge is -2.13. The number of hydrogen-bond donors (Lipinski definition) is 2. The summed E-state index contributed by atoms with van der Waals surface area (Å²) < 4.78 is 55.5. The van der Waals surface area contributed by atoms with Crippen LogP contribution in [0.15, 0.2) is 30.3 Å². The Labute approximate surface area is 118 Å². The fourth-order valence-electron chi connectivity index (χ4n) is 1.73. The zero-order valence-corrected chi connectivity index (χ0v) is 11.0. The van der Waals surface area contributed by atoms with Gasteiger partial charge in [-0.2, -0.15) is 8.78 Å². The molecule has 0 aliphatic carbocycles. The van der Waals surface area contributed by atoms with Gasteiger partial charge in [-0.3, -0.25) is 0 Å². The van der Waals surface area contributed by atoms with Crippen molar-refractivity contribution in [1.82, 2.24) is 0 Å². The molecule has 0 aliphatic rings. The Morgan fingerprint density at radius 3 is 2.38 bits per heavy atom. The molecule has 3 nitrogen and oxygen atoms in total. The smallest absolute Gasteiger partial charge is 0.387 e. The quantitative estimate of drug-likeness (QED) is 0.657. The minimum absolute atomic E-state index is 0.0610. The van der Waals surface area contributed by atoms with E-state index in [1.54, 1.807) is 13.0 Å². The zero-order valence-electron chi connectivity index (χ0n) is 11.0. The molecule has 2 aromatic carbocycles. The molecule has 0 unspecified atom stereocenters. The molecule has 21 heavy (non-hydrogen) atoms. The Morgan fingerprint density at radius 1 is 1.05 bits per heavy atom. The highest BCUT2D eigenvalue weighted by Crippen LogP contribution is 2.32. The number of rotatable bonds is 4. The molecular weight excluding hydrogens is 288 g/mol. The number of anilines is 3. The molecule has 112 valence electrons. The highest BCUT2D eigenvalue weighted by molar-refractivity contribution is 5.74. The Morgan fingerprint density at radius 2 is 1.76 bits per heavy atom. The number of nitrogens with one attached hydrogen (secondary N) is 1. The number of ether oxygens (including phenoxy) is 1. The first-order valence-corrected chi connectivity index (χ1v) is 5.94. The van der Waals surface area contributed by atoms with Crippen LogP contribution in [0.1, 0.15) is 5.56 Å². The molecule has 2 rings (SSSR count). The first-order valence-electron chi connectivity index (χ1n) is 5.94. The summed E-state index contributed by atoms with van der Waals surface area (Å²) in [6.45, 7) is -1.46. The van der Waals surface area contributed by atoms with Gasteiger partial charge in [0.1, 0.15) is 5.82 Å². The van der Waals surface area contributed by atoms with Crippen LogP contribution in [-0.2, 0) is 0 Å². The molecule has 0 aromatic heterocycles. The van der Waals surface area contributed by atoms with E-state index in [0.717, 1.165) is 12.1 Å². The molecule has 0 saturated carbocycles. The summed E-state index contributed by atoms with van der Waals surface area (Å²) in [5.41, 5.74) is 6.38. The third kappa shape index (κ3) is 3.56. The highest BCUT2D eigenvalue weighted by Gasteiger charge is 2.14. The summed E-state index contributed by atoms with van der Waals surface area (Å²) in [5, 5.41) is 2.62. The summed E-state index contributed by atoms with van der Waals surface area (Å²) in [4.78, 5) is 0. The largest absolute Gasteiger partial charge is 0.432 e. The molecule has 0 fully saturated rings. The Balaban J connectivity index is 2.34. The molecule has 7 heteroatoms. The van der Waals surface area contributed by atoms with E-state index in [9.17, 15) is 17.6 Å². The number of hydrogen-bond acceptors (Lipinski definition) is 3. The lowest BCUT2D eigenvalue weighted by Crippen LogP contribution is -2.06. The number of halogens is 4. The van der Waals surface area contributed by atoms with Crippen molar-refractivity contribution < 1.29 is 22.3 Å². The van der Waals surface area contributed by atoms with Gasteiger partial charge >= 0.3 is 6.61 Å². The topological polar surface area (TPSA) is 47.3 Å². The third-order valence-electron chi connectivity index (χ3n) is 2.71. The minimum Gasteiger partial charge on any atom is -0.432 e. The summed E-state index contributed by atoms with van der Waals surface area (Å²) >= 11 is 0. The molecule has 0 amide bonds. The normalized spacial score (nSPS) is 10.8. The Kier molecular flexibility index (Phi) is 4.21. The molecule has 0 heterocycles. The first kappa shape index (κ1) is 15.0. The molecule has 0 radical (unpaired) electrons. The van der Waals surface area contributed by atoms with Crippen LogP contribution in [0.2, 0.25) is 0 Å². The SMILES string of the molecule is Cc1ccc(Nc2cc(OC(F)F)c(F)cc2N)c(F)c1. The van der Waals surface area contributed by atoms with Crippen LogP contribution in [0.25, 0.3) is 0 Å². The summed E-state index contributed by atoms with van der Waals surface area (Å²) in [6, 6.07) is 6.18. The second-order valence-electron chi connectivity index (χ2n) is 4.36. The van der Waals surface area contributed by atoms with Crippen molar-refractivity contribution in [2.45, 2.75) is 13.5 Å². The number of nitrogens with two attached hydrogens (primary N) is 1. The highest BCUT2D eigenvalue weighted by atomic mass is 19.3. The van der Waals surface area contributed by atoms with Crippen LogP contribution in [-0.4, -0.2) is 6.61 Å². The van der Waals surface area contributed by atoms with Crippen molar-refractivity contribution in [2.24, 2.45) is 0 Å². The van der Waals surface area contributed by atoms with Crippen molar-refractivity contribution >= 4 is 17.1 Å². The summed E-state index contributed by atoms with van der Waals surface area (Å²) in [7, 11) is 0. The minimum atomic E-state index is -3.17. The number of aryl methyl sites for hydroxylation is 1. The number of nitrogen functional groups attached to an aromatic ring is 1. The molecule has 0 saturated heterocycles. The van der Waals surface area contributed by atoms with Crippen molar-refractivity contribution in [2.75, 3.05) is 11.1 Å². The first-order chi connectivity index (χ1) is 9.86. The predicted octanol–water partition coefficient (Wildman–Crippen LogP) is 4.20. The Bertz CT molecular complexity index is 662. The van der Waals surface area contributed by atoms with Crippen LogP contribution in [0.3, 0.4) is 0 Å². The summed E-state index contributed by atoms with van der Waals surface area (Å²) in [6.07, 6.45) is 0. The van der Waals surface area contributed by atoms with Crippen molar-refractivity contribution in [3.05, 3.63) is 47.5 Å². The van der Waals surface area contributed by atoms with Crippen molar-refractivity contribution in [3.8, 4) is 5.75 Å². The molecule has 0 atom stereocenters. The molecule has 0 bridgehead atoms. The fourth-order valence-corrected chi connectivity index (χ4v) is 1.73. The van der Waals surface area contributed by atoms with E-state index in [1.165, 1.54) is 12.1 Å². The van der Waals surface area contributed by atoms with Crippen LogP contribution < -0.4 is 15.8 Å². The van der Waals surface area contributed by atoms with Gasteiger partial charge in [-0.15, -0.1) is 0 Å². The van der Waals surface area contributed by atoms with Gasteiger partial charge in [-0.05, 0) is 24.6 Å². The van der Waals surface area contributed by atoms with E-state index < -0.39 is 24.0 Å². The second-order valence-corrected chi connectivity index (χ2v) is 4.36. The van der Waals surface area contributed by atoms with E-state index in [1.807, 2.05) is 0 Å². The zero-order chi connectivity index (χ0) is 15.6. The van der Waals surface area contributed by atoms with Gasteiger partial charge in [-0.25, -0.2) is 8.78 Å². The van der Waals surface area contributed by atoms with Gasteiger partial charge in [-0.1, -0.05) is 6.07 Å². The van der Waals surface area contributed by atoms with E-state index in [4.69, 9.17) is 5.73 Å². The molecule has 0 spiro atoms. The van der Waals surface area contributed by atoms with Gasteiger partial charge < -0.3 is 15.8 Å². The predicted molar refractivity (Wildman–Crippen MR) is 71.9 cm³/mol. The monoisotopic (exact) mass is 300 g/mol. The van der Waals surface area contributed by atoms with Gasteiger partial charge in [0.15, 0.2) is 11.6 Å². The van der Waals surface area contributed by atoms with Crippen LogP contribution in [0, 0.1) is 18.6 Å². The third-order valence-corrected chi connectivity index (χ3v) is 2.71. The molecule has 0 aliphatic heterocycles. The standard InChI is InChI=1S/C14H12F4N2O/c1-7-2-3-11(8(15)4-7)20-12-6-13(21-14(17)18)9(16)5-10(12)19/h2-6,14,20H,19H2,1H3. The number of benzene rings is 2. The van der Waals surface area contributed by atoms with E-state index in [0.29, 0.717) is 5.56 Å². The van der Waals surface area contributed by atoms with Gasteiger partial charge in [0, 0.05) is 12.1 Å². The maximum absolute atomic E-state index is 13.7. The van der Waals surface area contributed by atoms with Gasteiger partial charge in [0.2, 0.25) is 0 Å². The molecular formula is C14H12F4N2O. The average molecular weight is 300 g/mol. The molecule has 3 N–H and O–H groups in total. The molecule has 2 aromatic rings. The van der Waals surface area contributed by atoms with Crippen LogP contribution in [0.5, 0.6) is 5.75 Å². The number of alkyl halides is 2. The van der Waals surface area contributed by atoms with Crippen LogP contribution >= 0.6 is 0 Å². The van der Waals surface area contributed by atoms with Gasteiger partial charge in [0.25, 0.3) is 0 Å². The van der Waals surface area contributed by atoms with E-state index in [2.05, 4.69) is 10.1 Å². The Hall–Kier alpha value is -2.44. The fraction of sp³-hybridized carbons (Fsp3) is 0.143. The van der Waals surface area contributed by atoms with Crippen molar-refractivity contribution in [3.63, 3.8) is 0 Å². The lowest BCUT2D eigenvalue weighted by molar-refractivity contribution is -0.0521.